The maximum Gasteiger partial charge on any atom is 0.129 e. The molecule has 0 fully saturated rings. The Balaban J connectivity index is 2.33. The molecule has 0 radical (unpaired) electrons. The Morgan fingerprint density at radius 1 is 1.41 bits per heavy atom. The van der Waals surface area contributed by atoms with Crippen molar-refractivity contribution >= 4 is 5.78 Å². The molecule has 1 rings (SSSR count). The molecule has 0 aliphatic carbocycles. The zero-order valence-corrected chi connectivity index (χ0v) is 11.0. The molecule has 0 bridgehead atoms. The first-order chi connectivity index (χ1) is 8.02. The van der Waals surface area contributed by atoms with E-state index in [2.05, 4.69) is 30.2 Å². The molecule has 0 aliphatic heterocycles. The van der Waals surface area contributed by atoms with Crippen molar-refractivity contribution in [3.05, 3.63) is 30.1 Å². The van der Waals surface area contributed by atoms with E-state index in [-0.39, 0.29) is 11.2 Å². The maximum absolute atomic E-state index is 10.8. The molecule has 1 aromatic rings. The normalized spacial score (nSPS) is 11.5. The highest BCUT2D eigenvalue weighted by Crippen LogP contribution is 2.19. The van der Waals surface area contributed by atoms with Crippen LogP contribution >= 0.6 is 0 Å². The number of carbonyl (C=O) groups excluding carboxylic acids is 1. The smallest absolute Gasteiger partial charge is 0.129 e. The van der Waals surface area contributed by atoms with E-state index in [1.165, 1.54) is 0 Å². The third-order valence-electron chi connectivity index (χ3n) is 2.81. The molecule has 0 amide bonds. The van der Waals surface area contributed by atoms with Gasteiger partial charge in [-0.15, -0.1) is 0 Å². The Morgan fingerprint density at radius 3 is 2.76 bits per heavy atom. The van der Waals surface area contributed by atoms with Crippen LogP contribution in [0, 0.1) is 0 Å². The summed E-state index contributed by atoms with van der Waals surface area (Å²) in [5, 5.41) is 3.39. The van der Waals surface area contributed by atoms with Gasteiger partial charge in [-0.1, -0.05) is 19.9 Å². The summed E-state index contributed by atoms with van der Waals surface area (Å²) >= 11 is 0. The van der Waals surface area contributed by atoms with E-state index in [1.807, 2.05) is 18.3 Å². The Morgan fingerprint density at radius 2 is 2.18 bits per heavy atom. The van der Waals surface area contributed by atoms with Crippen LogP contribution in [0.25, 0.3) is 0 Å². The van der Waals surface area contributed by atoms with Crippen molar-refractivity contribution in [2.75, 3.05) is 13.1 Å². The first kappa shape index (κ1) is 13.8. The van der Waals surface area contributed by atoms with Crippen LogP contribution in [-0.2, 0) is 10.2 Å². The highest BCUT2D eigenvalue weighted by Gasteiger charge is 2.20. The van der Waals surface area contributed by atoms with Gasteiger partial charge in [0.05, 0.1) is 0 Å². The summed E-state index contributed by atoms with van der Waals surface area (Å²) in [6.45, 7) is 7.75. The fourth-order valence-electron chi connectivity index (χ4n) is 1.72. The predicted octanol–water partition coefficient (Wildman–Crippen LogP) is 2.32. The minimum absolute atomic E-state index is 0.0253. The number of pyridine rings is 1. The summed E-state index contributed by atoms with van der Waals surface area (Å²) in [6, 6.07) is 6.00. The molecule has 1 heterocycles. The molecule has 0 aliphatic rings. The molecule has 1 aromatic heterocycles. The molecule has 0 atom stereocenters. The van der Waals surface area contributed by atoms with Crippen LogP contribution in [0.15, 0.2) is 24.4 Å². The molecule has 3 heteroatoms. The SMILES string of the molecule is CC(=O)CCCNCC(C)(C)c1ccccn1. The Labute approximate surface area is 104 Å². The third kappa shape index (κ3) is 5.09. The van der Waals surface area contributed by atoms with Crippen LogP contribution < -0.4 is 5.32 Å². The summed E-state index contributed by atoms with van der Waals surface area (Å²) in [4.78, 5) is 15.2. The molecule has 0 aromatic carbocycles. The Kier molecular flexibility index (Phi) is 5.29. The highest BCUT2D eigenvalue weighted by molar-refractivity contribution is 5.75. The van der Waals surface area contributed by atoms with Crippen LogP contribution in [0.4, 0.5) is 0 Å². The Hall–Kier alpha value is -1.22. The first-order valence-corrected chi connectivity index (χ1v) is 6.14. The number of rotatable bonds is 7. The van der Waals surface area contributed by atoms with Gasteiger partial charge < -0.3 is 10.1 Å². The number of hydrogen-bond donors (Lipinski definition) is 1. The minimum atomic E-state index is 0.0253. The summed E-state index contributed by atoms with van der Waals surface area (Å²) in [7, 11) is 0. The summed E-state index contributed by atoms with van der Waals surface area (Å²) in [5.41, 5.74) is 1.12. The molecule has 17 heavy (non-hydrogen) atoms. The second kappa shape index (κ2) is 6.50. The number of Topliss-reactive ketones (excluding diaryl/α,β-unsaturated/α-hetero) is 1. The van der Waals surface area contributed by atoms with Crippen molar-refractivity contribution in [3.63, 3.8) is 0 Å². The van der Waals surface area contributed by atoms with Crippen molar-refractivity contribution in [1.82, 2.24) is 10.3 Å². The number of ketones is 1. The van der Waals surface area contributed by atoms with Crippen LogP contribution in [0.3, 0.4) is 0 Å². The van der Waals surface area contributed by atoms with E-state index in [1.54, 1.807) is 6.92 Å². The fourth-order valence-corrected chi connectivity index (χ4v) is 1.72. The van der Waals surface area contributed by atoms with Gasteiger partial charge in [0.25, 0.3) is 0 Å². The number of hydrogen-bond acceptors (Lipinski definition) is 3. The molecule has 0 unspecified atom stereocenters. The van der Waals surface area contributed by atoms with Gasteiger partial charge in [-0.2, -0.15) is 0 Å². The summed E-state index contributed by atoms with van der Waals surface area (Å²) in [5.74, 6) is 0.260. The van der Waals surface area contributed by atoms with Crippen molar-refractivity contribution in [2.24, 2.45) is 0 Å². The maximum atomic E-state index is 10.8. The van der Waals surface area contributed by atoms with E-state index in [4.69, 9.17) is 0 Å². The van der Waals surface area contributed by atoms with Gasteiger partial charge in [-0.3, -0.25) is 4.98 Å². The largest absolute Gasteiger partial charge is 0.316 e. The van der Waals surface area contributed by atoms with Crippen molar-refractivity contribution < 1.29 is 4.79 Å². The summed E-state index contributed by atoms with van der Waals surface area (Å²) in [6.07, 6.45) is 3.40. The van der Waals surface area contributed by atoms with E-state index in [0.29, 0.717) is 6.42 Å². The van der Waals surface area contributed by atoms with Crippen LogP contribution in [-0.4, -0.2) is 23.9 Å². The van der Waals surface area contributed by atoms with E-state index in [0.717, 1.165) is 25.2 Å². The van der Waals surface area contributed by atoms with Gasteiger partial charge in [0.2, 0.25) is 0 Å². The van der Waals surface area contributed by atoms with E-state index < -0.39 is 0 Å². The molecule has 94 valence electrons. The lowest BCUT2D eigenvalue weighted by atomic mass is 9.88. The second-order valence-electron chi connectivity index (χ2n) is 5.08. The monoisotopic (exact) mass is 234 g/mol. The summed E-state index contributed by atoms with van der Waals surface area (Å²) < 4.78 is 0. The lowest BCUT2D eigenvalue weighted by molar-refractivity contribution is -0.117. The third-order valence-corrected chi connectivity index (χ3v) is 2.81. The van der Waals surface area contributed by atoms with Gasteiger partial charge in [-0.05, 0) is 32.0 Å². The number of nitrogens with one attached hydrogen (secondary N) is 1. The van der Waals surface area contributed by atoms with E-state index in [9.17, 15) is 4.79 Å². The average Bonchev–Trinajstić information content (AvgIpc) is 2.29. The molecule has 3 nitrogen and oxygen atoms in total. The molecule has 1 N–H and O–H groups in total. The van der Waals surface area contributed by atoms with Gasteiger partial charge in [-0.25, -0.2) is 0 Å². The zero-order chi connectivity index (χ0) is 12.7. The quantitative estimate of drug-likeness (QED) is 0.736. The lowest BCUT2D eigenvalue weighted by Crippen LogP contribution is -2.34. The molecular formula is C14H22N2O. The average molecular weight is 234 g/mol. The lowest BCUT2D eigenvalue weighted by Gasteiger charge is -2.24. The second-order valence-corrected chi connectivity index (χ2v) is 5.08. The first-order valence-electron chi connectivity index (χ1n) is 6.14. The number of nitrogens with zero attached hydrogens (tertiary/aromatic N) is 1. The molecule has 0 spiro atoms. The van der Waals surface area contributed by atoms with Crippen molar-refractivity contribution in [3.8, 4) is 0 Å². The Bertz CT molecular complexity index is 346. The van der Waals surface area contributed by atoms with Gasteiger partial charge in [0.15, 0.2) is 0 Å². The standard InChI is InChI=1S/C14H22N2O/c1-12(17)7-6-9-15-11-14(2,3)13-8-4-5-10-16-13/h4-5,8,10,15H,6-7,9,11H2,1-3H3. The highest BCUT2D eigenvalue weighted by atomic mass is 16.1. The van der Waals surface area contributed by atoms with Crippen LogP contribution in [0.1, 0.15) is 39.3 Å². The van der Waals surface area contributed by atoms with Crippen molar-refractivity contribution in [1.29, 1.82) is 0 Å². The molecular weight excluding hydrogens is 212 g/mol. The minimum Gasteiger partial charge on any atom is -0.316 e. The van der Waals surface area contributed by atoms with Gasteiger partial charge in [0, 0.05) is 30.3 Å². The number of aromatic nitrogens is 1. The van der Waals surface area contributed by atoms with Gasteiger partial charge in [0.1, 0.15) is 5.78 Å². The van der Waals surface area contributed by atoms with E-state index >= 15 is 0 Å². The van der Waals surface area contributed by atoms with Crippen LogP contribution in [0.2, 0.25) is 0 Å². The van der Waals surface area contributed by atoms with Crippen molar-refractivity contribution in [2.45, 2.75) is 39.0 Å². The topological polar surface area (TPSA) is 42.0 Å². The molecule has 0 saturated heterocycles. The van der Waals surface area contributed by atoms with Crippen LogP contribution in [0.5, 0.6) is 0 Å². The fraction of sp³-hybridized carbons (Fsp3) is 0.571. The zero-order valence-electron chi connectivity index (χ0n) is 11.0. The predicted molar refractivity (Wildman–Crippen MR) is 70.0 cm³/mol. The number of carbonyl (C=O) groups is 1. The molecule has 0 saturated carbocycles. The van der Waals surface area contributed by atoms with Gasteiger partial charge >= 0.3 is 0 Å².